The van der Waals surface area contributed by atoms with E-state index < -0.39 is 0 Å². The van der Waals surface area contributed by atoms with E-state index in [1.54, 1.807) is 42.3 Å². The highest BCUT2D eigenvalue weighted by Gasteiger charge is 2.28. The molecule has 3 aromatic rings. The van der Waals surface area contributed by atoms with Crippen molar-refractivity contribution in [2.24, 2.45) is 0 Å². The highest BCUT2D eigenvalue weighted by molar-refractivity contribution is 6.14. The first-order chi connectivity index (χ1) is 14.1. The molecule has 1 saturated heterocycles. The minimum atomic E-state index is -0.331. The Morgan fingerprint density at radius 1 is 1.03 bits per heavy atom. The quantitative estimate of drug-likeness (QED) is 0.737. The third-order valence-corrected chi connectivity index (χ3v) is 5.15. The Labute approximate surface area is 168 Å². The van der Waals surface area contributed by atoms with Crippen LogP contribution in [-0.2, 0) is 0 Å². The normalized spacial score (nSPS) is 14.8. The highest BCUT2D eigenvalue weighted by Crippen LogP contribution is 2.32. The molecule has 1 aromatic heterocycles. The molecule has 0 radical (unpaired) electrons. The lowest BCUT2D eigenvalue weighted by Gasteiger charge is -2.32. The minimum Gasteiger partial charge on any atom is -0.497 e. The summed E-state index contributed by atoms with van der Waals surface area (Å²) in [6.07, 6.45) is 0. The molecule has 2 heterocycles. The van der Waals surface area contributed by atoms with Crippen molar-refractivity contribution in [3.8, 4) is 5.75 Å². The molecule has 0 spiro atoms. The number of amides is 2. The van der Waals surface area contributed by atoms with Gasteiger partial charge in [-0.1, -0.05) is 18.2 Å². The Bertz CT molecular complexity index is 1050. The molecule has 150 valence electrons. The van der Waals surface area contributed by atoms with Gasteiger partial charge in [-0.05, 0) is 37.4 Å². The topological polar surface area (TPSA) is 75.0 Å². The van der Waals surface area contributed by atoms with Gasteiger partial charge in [0.25, 0.3) is 11.8 Å². The van der Waals surface area contributed by atoms with E-state index in [1.807, 2.05) is 25.2 Å². The molecule has 7 heteroatoms. The van der Waals surface area contributed by atoms with Gasteiger partial charge in [0.2, 0.25) is 5.76 Å². The van der Waals surface area contributed by atoms with Gasteiger partial charge < -0.3 is 24.3 Å². The number of hydrogen-bond donors (Lipinski definition) is 1. The Balaban J connectivity index is 1.68. The number of fused-ring (bicyclic) bond motifs is 1. The summed E-state index contributed by atoms with van der Waals surface area (Å²) in [4.78, 5) is 30.0. The number of methoxy groups -OCH3 is 1. The van der Waals surface area contributed by atoms with Crippen LogP contribution in [0.4, 0.5) is 5.69 Å². The molecule has 7 nitrogen and oxygen atoms in total. The molecule has 2 aromatic carbocycles. The van der Waals surface area contributed by atoms with Crippen molar-refractivity contribution in [3.63, 3.8) is 0 Å². The third kappa shape index (κ3) is 3.82. The van der Waals surface area contributed by atoms with Crippen LogP contribution in [0, 0.1) is 0 Å². The van der Waals surface area contributed by atoms with Crippen molar-refractivity contribution in [2.45, 2.75) is 0 Å². The van der Waals surface area contributed by atoms with E-state index in [4.69, 9.17) is 9.15 Å². The predicted molar refractivity (Wildman–Crippen MR) is 111 cm³/mol. The standard InChI is InChI=1S/C22H23N3O4/c1-24-10-12-25(13-11-24)22(27)20-19(17-8-3-4-9-18(17)29-20)23-21(26)15-6-5-7-16(14-15)28-2/h3-9,14H,10-13H2,1-2H3,(H,23,26). The minimum absolute atomic E-state index is 0.159. The number of carbonyl (C=O) groups is 2. The number of benzene rings is 2. The molecule has 1 N–H and O–H groups in total. The summed E-state index contributed by atoms with van der Waals surface area (Å²) in [5.41, 5.74) is 1.40. The summed E-state index contributed by atoms with van der Waals surface area (Å²) < 4.78 is 11.1. The average molecular weight is 393 g/mol. The van der Waals surface area contributed by atoms with Gasteiger partial charge in [0, 0.05) is 37.1 Å². The summed E-state index contributed by atoms with van der Waals surface area (Å²) >= 11 is 0. The molecule has 0 unspecified atom stereocenters. The summed E-state index contributed by atoms with van der Waals surface area (Å²) in [6, 6.07) is 14.2. The van der Waals surface area contributed by atoms with Crippen LogP contribution >= 0.6 is 0 Å². The first kappa shape index (κ1) is 19.0. The average Bonchev–Trinajstić information content (AvgIpc) is 3.12. The fraction of sp³-hybridized carbons (Fsp3) is 0.273. The van der Waals surface area contributed by atoms with Crippen LogP contribution in [-0.4, -0.2) is 62.0 Å². The van der Waals surface area contributed by atoms with Gasteiger partial charge in [0.1, 0.15) is 17.0 Å². The number of carbonyl (C=O) groups excluding carboxylic acids is 2. The van der Waals surface area contributed by atoms with E-state index in [1.165, 1.54) is 0 Å². The molecule has 0 bridgehead atoms. The van der Waals surface area contributed by atoms with E-state index >= 15 is 0 Å². The van der Waals surface area contributed by atoms with Crippen molar-refractivity contribution >= 4 is 28.5 Å². The lowest BCUT2D eigenvalue weighted by Crippen LogP contribution is -2.47. The maximum atomic E-state index is 13.2. The first-order valence-corrected chi connectivity index (χ1v) is 9.51. The third-order valence-electron chi connectivity index (χ3n) is 5.15. The highest BCUT2D eigenvalue weighted by atomic mass is 16.5. The number of hydrogen-bond acceptors (Lipinski definition) is 5. The molecule has 0 aliphatic carbocycles. The lowest BCUT2D eigenvalue weighted by molar-refractivity contribution is 0.0636. The maximum Gasteiger partial charge on any atom is 0.291 e. The molecular formula is C22H23N3O4. The van der Waals surface area contributed by atoms with Crippen LogP contribution in [0.1, 0.15) is 20.9 Å². The van der Waals surface area contributed by atoms with E-state index in [0.29, 0.717) is 41.1 Å². The predicted octanol–water partition coefficient (Wildman–Crippen LogP) is 3.08. The van der Waals surface area contributed by atoms with Crippen LogP contribution in [0.3, 0.4) is 0 Å². The lowest BCUT2D eigenvalue weighted by atomic mass is 10.1. The van der Waals surface area contributed by atoms with Crippen LogP contribution in [0.2, 0.25) is 0 Å². The van der Waals surface area contributed by atoms with Crippen LogP contribution in [0.5, 0.6) is 5.75 Å². The molecule has 4 rings (SSSR count). The zero-order chi connectivity index (χ0) is 20.4. The number of likely N-dealkylation sites (N-methyl/N-ethyl adjacent to an activating group) is 1. The second-order valence-electron chi connectivity index (χ2n) is 7.08. The van der Waals surface area contributed by atoms with Crippen LogP contribution in [0.15, 0.2) is 52.9 Å². The van der Waals surface area contributed by atoms with Crippen molar-refractivity contribution in [1.29, 1.82) is 0 Å². The van der Waals surface area contributed by atoms with Gasteiger partial charge in [-0.15, -0.1) is 0 Å². The van der Waals surface area contributed by atoms with E-state index in [0.717, 1.165) is 13.1 Å². The fourth-order valence-electron chi connectivity index (χ4n) is 3.42. The Kier molecular flexibility index (Phi) is 5.22. The van der Waals surface area contributed by atoms with Gasteiger partial charge in [-0.3, -0.25) is 9.59 Å². The van der Waals surface area contributed by atoms with Crippen molar-refractivity contribution < 1.29 is 18.7 Å². The Morgan fingerprint density at radius 2 is 1.79 bits per heavy atom. The fourth-order valence-corrected chi connectivity index (χ4v) is 3.42. The van der Waals surface area contributed by atoms with Gasteiger partial charge in [0.05, 0.1) is 7.11 Å². The number of rotatable bonds is 4. The van der Waals surface area contributed by atoms with Gasteiger partial charge >= 0.3 is 0 Å². The zero-order valence-corrected chi connectivity index (χ0v) is 16.5. The number of nitrogens with one attached hydrogen (secondary N) is 1. The summed E-state index contributed by atoms with van der Waals surface area (Å²) in [5.74, 6) is 0.202. The van der Waals surface area contributed by atoms with Crippen LogP contribution < -0.4 is 10.1 Å². The van der Waals surface area contributed by atoms with Gasteiger partial charge in [-0.2, -0.15) is 0 Å². The van der Waals surface area contributed by atoms with Gasteiger partial charge in [-0.25, -0.2) is 0 Å². The molecule has 0 atom stereocenters. The smallest absolute Gasteiger partial charge is 0.291 e. The monoisotopic (exact) mass is 393 g/mol. The SMILES string of the molecule is COc1cccc(C(=O)Nc2c(C(=O)N3CCN(C)CC3)oc3ccccc23)c1. The molecule has 1 aliphatic heterocycles. The molecule has 2 amide bonds. The van der Waals surface area contributed by atoms with Crippen molar-refractivity contribution in [3.05, 3.63) is 59.9 Å². The number of ether oxygens (including phenoxy) is 1. The van der Waals surface area contributed by atoms with Crippen molar-refractivity contribution in [2.75, 3.05) is 45.7 Å². The zero-order valence-electron chi connectivity index (χ0n) is 16.5. The molecule has 1 fully saturated rings. The van der Waals surface area contributed by atoms with Crippen molar-refractivity contribution in [1.82, 2.24) is 9.80 Å². The maximum absolute atomic E-state index is 13.2. The second-order valence-corrected chi connectivity index (χ2v) is 7.08. The number of anilines is 1. The molecule has 29 heavy (non-hydrogen) atoms. The number of furan rings is 1. The molecule has 1 aliphatic rings. The first-order valence-electron chi connectivity index (χ1n) is 9.51. The van der Waals surface area contributed by atoms with E-state index in [-0.39, 0.29) is 17.6 Å². The largest absolute Gasteiger partial charge is 0.497 e. The van der Waals surface area contributed by atoms with E-state index in [2.05, 4.69) is 10.2 Å². The summed E-state index contributed by atoms with van der Waals surface area (Å²) in [6.45, 7) is 2.85. The summed E-state index contributed by atoms with van der Waals surface area (Å²) in [7, 11) is 3.58. The number of piperazine rings is 1. The number of para-hydroxylation sites is 1. The Morgan fingerprint density at radius 3 is 2.55 bits per heavy atom. The second kappa shape index (κ2) is 7.97. The Hall–Kier alpha value is -3.32. The number of nitrogens with zero attached hydrogens (tertiary/aromatic N) is 2. The van der Waals surface area contributed by atoms with Gasteiger partial charge in [0.15, 0.2) is 0 Å². The molecule has 0 saturated carbocycles. The molecular weight excluding hydrogens is 370 g/mol. The van der Waals surface area contributed by atoms with Crippen LogP contribution in [0.25, 0.3) is 11.0 Å². The summed E-state index contributed by atoms with van der Waals surface area (Å²) in [5, 5.41) is 3.58. The van der Waals surface area contributed by atoms with E-state index in [9.17, 15) is 9.59 Å².